The molecule has 0 aromatic carbocycles. The van der Waals surface area contributed by atoms with Gasteiger partial charge in [0.05, 0.1) is 5.75 Å². The van der Waals surface area contributed by atoms with Gasteiger partial charge in [-0.1, -0.05) is 0 Å². The van der Waals surface area contributed by atoms with Gasteiger partial charge in [0.15, 0.2) is 5.12 Å². The van der Waals surface area contributed by atoms with Crippen LogP contribution in [0.3, 0.4) is 0 Å². The maximum Gasteiger partial charge on any atom is 1.00 e. The van der Waals surface area contributed by atoms with E-state index in [0.29, 0.717) is 0 Å². The molecule has 0 aliphatic carbocycles. The van der Waals surface area contributed by atoms with Crippen LogP contribution in [0.25, 0.3) is 0 Å². The summed E-state index contributed by atoms with van der Waals surface area (Å²) in [5, 5.41) is -0.187. The zero-order chi connectivity index (χ0) is 4.28. The fourth-order valence-electron chi connectivity index (χ4n) is 0. The minimum Gasteiger partial charge on any atom is -1.00 e. The van der Waals surface area contributed by atoms with Gasteiger partial charge in [-0.15, -0.1) is 12.6 Å². The summed E-state index contributed by atoms with van der Waals surface area (Å²) in [7, 11) is 0. The van der Waals surface area contributed by atoms with E-state index in [1.165, 1.54) is 0 Å². The Morgan fingerprint density at radius 2 is 2.00 bits per heavy atom. The Morgan fingerprint density at radius 1 is 1.83 bits per heavy atom. The molecule has 0 aliphatic heterocycles. The summed E-state index contributed by atoms with van der Waals surface area (Å²) in [5.74, 6) is 0.225. The van der Waals surface area contributed by atoms with E-state index in [0.717, 1.165) is 0 Å². The quantitative estimate of drug-likeness (QED) is 0.298. The van der Waals surface area contributed by atoms with E-state index < -0.39 is 0 Å². The molecule has 0 saturated heterocycles. The second-order valence-corrected chi connectivity index (χ2v) is 1.37. The summed E-state index contributed by atoms with van der Waals surface area (Å²) in [6, 6.07) is 0. The smallest absolute Gasteiger partial charge is 1.00 e. The van der Waals surface area contributed by atoms with E-state index in [9.17, 15) is 4.79 Å². The van der Waals surface area contributed by atoms with Gasteiger partial charge in [-0.3, -0.25) is 4.79 Å². The van der Waals surface area contributed by atoms with Gasteiger partial charge in [0, 0.05) is 0 Å². The van der Waals surface area contributed by atoms with Crippen molar-refractivity contribution in [2.45, 2.75) is 0 Å². The van der Waals surface area contributed by atoms with Crippen molar-refractivity contribution in [3.63, 3.8) is 0 Å². The van der Waals surface area contributed by atoms with Gasteiger partial charge in [-0.25, -0.2) is 0 Å². The van der Waals surface area contributed by atoms with Crippen LogP contribution in [0.5, 0.6) is 0 Å². The average Bonchev–Trinajstić information content (AvgIpc) is 1.38. The molecule has 4 heteroatoms. The molecule has 1 nitrogen and oxygen atoms in total. The third kappa shape index (κ3) is 9.03. The van der Waals surface area contributed by atoms with E-state index >= 15 is 0 Å². The molecule has 0 fully saturated rings. The second kappa shape index (κ2) is 6.37. The van der Waals surface area contributed by atoms with E-state index in [2.05, 4.69) is 25.3 Å². The molecule has 0 heterocycles. The summed E-state index contributed by atoms with van der Waals surface area (Å²) in [6.45, 7) is 0. The second-order valence-electron chi connectivity index (χ2n) is 0.552. The maximum atomic E-state index is 9.60. The fourth-order valence-corrected chi connectivity index (χ4v) is 0. The van der Waals surface area contributed by atoms with Gasteiger partial charge in [0.25, 0.3) is 0 Å². The molecule has 0 amide bonds. The molecule has 0 bridgehead atoms. The van der Waals surface area contributed by atoms with Crippen molar-refractivity contribution in [1.29, 1.82) is 0 Å². The summed E-state index contributed by atoms with van der Waals surface area (Å²) < 4.78 is 0. The summed E-state index contributed by atoms with van der Waals surface area (Å²) in [6.07, 6.45) is 0. The first-order chi connectivity index (χ1) is 2.27. The molecule has 0 aromatic rings. The van der Waals surface area contributed by atoms with Gasteiger partial charge in [0.1, 0.15) is 0 Å². The Labute approximate surface area is 71.5 Å². The molecule has 0 spiro atoms. The van der Waals surface area contributed by atoms with Crippen LogP contribution in [0.4, 0.5) is 0 Å². The van der Waals surface area contributed by atoms with Crippen LogP contribution in [-0.4, -0.2) is 10.9 Å². The first-order valence-electron chi connectivity index (χ1n) is 1.10. The van der Waals surface area contributed by atoms with Crippen molar-refractivity contribution < 1.29 is 35.8 Å². The van der Waals surface area contributed by atoms with E-state index in [1.54, 1.807) is 0 Å². The van der Waals surface area contributed by atoms with Gasteiger partial charge in [0.2, 0.25) is 0 Å². The summed E-state index contributed by atoms with van der Waals surface area (Å²) in [5.41, 5.74) is 0. The number of rotatable bonds is 1. The van der Waals surface area contributed by atoms with Gasteiger partial charge in [-0.2, -0.15) is 12.6 Å². The molecular weight excluding hydrogens is 127 g/mol. The minimum atomic E-state index is -0.187. The van der Waals surface area contributed by atoms with E-state index in [1.807, 2.05) is 0 Å². The van der Waals surface area contributed by atoms with Crippen molar-refractivity contribution >= 4 is 30.4 Å². The fraction of sp³-hybridized carbons (Fsp3) is 0.500. The molecule has 0 rings (SSSR count). The summed E-state index contributed by atoms with van der Waals surface area (Å²) in [4.78, 5) is 9.60. The number of carbonyl (C=O) groups is 1. The van der Waals surface area contributed by atoms with Gasteiger partial charge < -0.3 is 1.43 Å². The van der Waals surface area contributed by atoms with Crippen LogP contribution in [0.15, 0.2) is 0 Å². The van der Waals surface area contributed by atoms with Crippen molar-refractivity contribution in [1.82, 2.24) is 0 Å². The van der Waals surface area contributed by atoms with E-state index in [4.69, 9.17) is 0 Å². The van der Waals surface area contributed by atoms with Crippen LogP contribution in [0.1, 0.15) is 1.43 Å². The van der Waals surface area contributed by atoms with Crippen LogP contribution in [-0.2, 0) is 4.79 Å². The molecule has 32 valence electrons. The first-order valence-corrected chi connectivity index (χ1v) is 2.18. The van der Waals surface area contributed by atoms with Crippen LogP contribution in [0, 0.1) is 0 Å². The predicted octanol–water partition coefficient (Wildman–Crippen LogP) is -2.51. The molecule has 0 N–H and O–H groups in total. The summed E-state index contributed by atoms with van der Waals surface area (Å²) >= 11 is 6.97. The molecule has 6 heavy (non-hydrogen) atoms. The Balaban J connectivity index is -0.0000000800. The van der Waals surface area contributed by atoms with Crippen molar-refractivity contribution in [2.24, 2.45) is 0 Å². The molecule has 0 aliphatic rings. The van der Waals surface area contributed by atoms with Gasteiger partial charge in [-0.05, 0) is 0 Å². The Morgan fingerprint density at radius 3 is 2.00 bits per heavy atom. The number of hydrogen-bond acceptors (Lipinski definition) is 2. The van der Waals surface area contributed by atoms with Gasteiger partial charge >= 0.3 is 29.6 Å². The largest absolute Gasteiger partial charge is 1.00 e. The number of thiol groups is 2. The topological polar surface area (TPSA) is 17.1 Å². The minimum absolute atomic E-state index is 0. The normalized spacial score (nSPS) is 6.33. The van der Waals surface area contributed by atoms with Crippen molar-refractivity contribution in [3.8, 4) is 0 Å². The molecular formula is C2H5NaOS2. The van der Waals surface area contributed by atoms with Crippen LogP contribution < -0.4 is 29.6 Å². The zero-order valence-electron chi connectivity index (χ0n) is 4.51. The number of hydrogen-bond donors (Lipinski definition) is 2. The SMILES string of the molecule is O=C(S)CS.[H-].[Na+]. The molecule has 0 unspecified atom stereocenters. The Kier molecular flexibility index (Phi) is 11.0. The molecule has 0 atom stereocenters. The van der Waals surface area contributed by atoms with Crippen LogP contribution in [0.2, 0.25) is 0 Å². The molecule has 0 radical (unpaired) electrons. The van der Waals surface area contributed by atoms with Crippen molar-refractivity contribution in [2.75, 3.05) is 5.75 Å². The standard InChI is InChI=1S/C2H4OS2.Na.H/c3-2(5)1-4;;/h4H,1H2,(H,3,5);;/q;+1;-1. The molecule has 0 aromatic heterocycles. The predicted molar refractivity (Wildman–Crippen MR) is 29.0 cm³/mol. The average molecular weight is 132 g/mol. The monoisotopic (exact) mass is 132 g/mol. The molecule has 0 saturated carbocycles. The third-order valence-corrected chi connectivity index (χ3v) is 0.830. The number of carbonyl (C=O) groups excluding carboxylic acids is 1. The van der Waals surface area contributed by atoms with Crippen LogP contribution >= 0.6 is 25.3 Å². The Bertz CT molecular complexity index is 51.0. The van der Waals surface area contributed by atoms with E-state index in [-0.39, 0.29) is 41.9 Å². The first kappa shape index (κ1) is 10.4. The van der Waals surface area contributed by atoms with Crippen molar-refractivity contribution in [3.05, 3.63) is 0 Å². The maximum absolute atomic E-state index is 9.60. The third-order valence-electron chi connectivity index (χ3n) is 0.135. The Hall–Kier alpha value is 1.37. The zero-order valence-corrected chi connectivity index (χ0v) is 7.30.